The van der Waals surface area contributed by atoms with Crippen molar-refractivity contribution in [3.63, 3.8) is 0 Å². The Bertz CT molecular complexity index is 63.9. The first-order valence-electron chi connectivity index (χ1n) is 3.56. The summed E-state index contributed by atoms with van der Waals surface area (Å²) in [7, 11) is 2.28. The monoisotopic (exact) mass is 147 g/mol. The molecule has 1 atom stereocenters. The molecule has 0 saturated heterocycles. The van der Waals surface area contributed by atoms with Gasteiger partial charge in [-0.2, -0.15) is 0 Å². The summed E-state index contributed by atoms with van der Waals surface area (Å²) in [5, 5.41) is 3.33. The summed E-state index contributed by atoms with van der Waals surface area (Å²) < 4.78 is 0. The second-order valence-electron chi connectivity index (χ2n) is 2.56. The highest BCUT2D eigenvalue weighted by atomic mass is 31.1. The van der Waals surface area contributed by atoms with Crippen LogP contribution in [-0.2, 0) is 0 Å². The van der Waals surface area contributed by atoms with E-state index in [0.717, 1.165) is 5.78 Å². The molecular formula is C7H18NP. The average molecular weight is 147 g/mol. The van der Waals surface area contributed by atoms with Crippen molar-refractivity contribution in [2.24, 2.45) is 0 Å². The molecule has 0 aromatic carbocycles. The van der Waals surface area contributed by atoms with Crippen molar-refractivity contribution in [1.29, 1.82) is 0 Å². The van der Waals surface area contributed by atoms with Crippen LogP contribution in [0.1, 0.15) is 19.8 Å². The highest BCUT2D eigenvalue weighted by molar-refractivity contribution is 7.56. The SMILES string of the molecule is CCCC(NC)P(C)C. The van der Waals surface area contributed by atoms with Gasteiger partial charge >= 0.3 is 0 Å². The quantitative estimate of drug-likeness (QED) is 0.600. The van der Waals surface area contributed by atoms with Crippen LogP contribution >= 0.6 is 7.92 Å². The van der Waals surface area contributed by atoms with Gasteiger partial charge in [-0.05, 0) is 26.8 Å². The van der Waals surface area contributed by atoms with Gasteiger partial charge in [0.2, 0.25) is 0 Å². The van der Waals surface area contributed by atoms with Crippen LogP contribution in [-0.4, -0.2) is 26.2 Å². The number of rotatable bonds is 4. The van der Waals surface area contributed by atoms with Crippen molar-refractivity contribution in [3.05, 3.63) is 0 Å². The Hall–Kier alpha value is 0.390. The third kappa shape index (κ3) is 3.89. The van der Waals surface area contributed by atoms with Gasteiger partial charge in [-0.25, -0.2) is 0 Å². The smallest absolute Gasteiger partial charge is 0.0260 e. The van der Waals surface area contributed by atoms with Gasteiger partial charge in [-0.3, -0.25) is 0 Å². The van der Waals surface area contributed by atoms with Gasteiger partial charge in [0.05, 0.1) is 0 Å². The van der Waals surface area contributed by atoms with Gasteiger partial charge in [-0.15, -0.1) is 0 Å². The summed E-state index contributed by atoms with van der Waals surface area (Å²) in [5.41, 5.74) is 0. The standard InChI is InChI=1S/C7H18NP/c1-5-6-7(8-2)9(3)4/h7-8H,5-6H2,1-4H3. The first kappa shape index (κ1) is 9.39. The van der Waals surface area contributed by atoms with Crippen molar-refractivity contribution in [2.45, 2.75) is 25.5 Å². The molecule has 0 fully saturated rings. The molecule has 0 aliphatic carbocycles. The van der Waals surface area contributed by atoms with Crippen molar-refractivity contribution in [3.8, 4) is 0 Å². The Labute approximate surface area is 60.0 Å². The largest absolute Gasteiger partial charge is 0.313 e. The Kier molecular flexibility index (Phi) is 5.42. The topological polar surface area (TPSA) is 12.0 Å². The van der Waals surface area contributed by atoms with Crippen LogP contribution in [0.15, 0.2) is 0 Å². The number of hydrogen-bond donors (Lipinski definition) is 1. The molecule has 0 aliphatic rings. The van der Waals surface area contributed by atoms with E-state index in [1.165, 1.54) is 12.8 Å². The lowest BCUT2D eigenvalue weighted by Gasteiger charge is -2.19. The molecule has 2 heteroatoms. The summed E-state index contributed by atoms with van der Waals surface area (Å²) in [6, 6.07) is 0. The molecule has 0 aromatic heterocycles. The lowest BCUT2D eigenvalue weighted by molar-refractivity contribution is 0.657. The molecule has 0 rings (SSSR count). The van der Waals surface area contributed by atoms with Crippen LogP contribution in [0.25, 0.3) is 0 Å². The number of hydrogen-bond acceptors (Lipinski definition) is 1. The molecule has 1 unspecified atom stereocenters. The predicted molar refractivity (Wildman–Crippen MR) is 46.5 cm³/mol. The molecule has 9 heavy (non-hydrogen) atoms. The first-order chi connectivity index (χ1) is 4.22. The second kappa shape index (κ2) is 5.20. The lowest BCUT2D eigenvalue weighted by Crippen LogP contribution is -2.22. The minimum absolute atomic E-state index is 0.219. The summed E-state index contributed by atoms with van der Waals surface area (Å²) in [6.07, 6.45) is 2.63. The fourth-order valence-corrected chi connectivity index (χ4v) is 2.23. The van der Waals surface area contributed by atoms with E-state index in [9.17, 15) is 0 Å². The van der Waals surface area contributed by atoms with Gasteiger partial charge < -0.3 is 5.32 Å². The normalized spacial score (nSPS) is 14.3. The molecule has 0 aliphatic heterocycles. The molecule has 1 nitrogen and oxygen atoms in total. The van der Waals surface area contributed by atoms with Crippen LogP contribution in [0.4, 0.5) is 0 Å². The van der Waals surface area contributed by atoms with Gasteiger partial charge in [0.25, 0.3) is 0 Å². The maximum Gasteiger partial charge on any atom is 0.0260 e. The van der Waals surface area contributed by atoms with Gasteiger partial charge in [-0.1, -0.05) is 21.3 Å². The zero-order valence-corrected chi connectivity index (χ0v) is 7.83. The Morgan fingerprint density at radius 1 is 1.44 bits per heavy atom. The van der Waals surface area contributed by atoms with Crippen molar-refractivity contribution >= 4 is 7.92 Å². The Morgan fingerprint density at radius 3 is 2.11 bits per heavy atom. The zero-order valence-electron chi connectivity index (χ0n) is 6.94. The van der Waals surface area contributed by atoms with Gasteiger partial charge in [0.1, 0.15) is 0 Å². The third-order valence-electron chi connectivity index (χ3n) is 1.52. The average Bonchev–Trinajstić information content (AvgIpc) is 1.82. The van der Waals surface area contributed by atoms with Gasteiger partial charge in [0, 0.05) is 5.78 Å². The molecule has 0 spiro atoms. The highest BCUT2D eigenvalue weighted by Gasteiger charge is 2.06. The molecule has 1 N–H and O–H groups in total. The van der Waals surface area contributed by atoms with E-state index >= 15 is 0 Å². The van der Waals surface area contributed by atoms with E-state index in [-0.39, 0.29) is 7.92 Å². The molecule has 56 valence electrons. The van der Waals surface area contributed by atoms with E-state index in [0.29, 0.717) is 0 Å². The van der Waals surface area contributed by atoms with Crippen LogP contribution in [0.2, 0.25) is 0 Å². The molecule has 0 bridgehead atoms. The summed E-state index contributed by atoms with van der Waals surface area (Å²) in [5.74, 6) is 0.782. The summed E-state index contributed by atoms with van der Waals surface area (Å²) in [6.45, 7) is 6.89. The fraction of sp³-hybridized carbons (Fsp3) is 1.00. The first-order valence-corrected chi connectivity index (χ1v) is 5.86. The van der Waals surface area contributed by atoms with Gasteiger partial charge in [0.15, 0.2) is 0 Å². The van der Waals surface area contributed by atoms with Crippen LogP contribution in [0.3, 0.4) is 0 Å². The predicted octanol–water partition coefficient (Wildman–Crippen LogP) is 2.07. The van der Waals surface area contributed by atoms with Crippen LogP contribution in [0.5, 0.6) is 0 Å². The maximum absolute atomic E-state index is 3.33. The second-order valence-corrected chi connectivity index (χ2v) is 5.11. The van der Waals surface area contributed by atoms with Crippen molar-refractivity contribution in [1.82, 2.24) is 5.32 Å². The van der Waals surface area contributed by atoms with Crippen molar-refractivity contribution < 1.29 is 0 Å². The van der Waals surface area contributed by atoms with Crippen molar-refractivity contribution in [2.75, 3.05) is 20.4 Å². The highest BCUT2D eigenvalue weighted by Crippen LogP contribution is 2.32. The van der Waals surface area contributed by atoms with E-state index in [2.05, 4.69) is 32.6 Å². The van der Waals surface area contributed by atoms with E-state index in [1.807, 2.05) is 0 Å². The maximum atomic E-state index is 3.33. The molecular weight excluding hydrogens is 129 g/mol. The number of nitrogens with one attached hydrogen (secondary N) is 1. The Balaban J connectivity index is 3.41. The molecule has 0 heterocycles. The third-order valence-corrected chi connectivity index (χ3v) is 3.28. The van der Waals surface area contributed by atoms with Crippen LogP contribution < -0.4 is 5.32 Å². The minimum atomic E-state index is 0.219. The van der Waals surface area contributed by atoms with E-state index in [1.54, 1.807) is 0 Å². The molecule has 0 radical (unpaired) electrons. The fourth-order valence-electron chi connectivity index (χ4n) is 0.934. The summed E-state index contributed by atoms with van der Waals surface area (Å²) >= 11 is 0. The minimum Gasteiger partial charge on any atom is -0.313 e. The molecule has 0 aromatic rings. The van der Waals surface area contributed by atoms with Crippen LogP contribution in [0, 0.1) is 0 Å². The zero-order chi connectivity index (χ0) is 7.28. The Morgan fingerprint density at radius 2 is 2.00 bits per heavy atom. The lowest BCUT2D eigenvalue weighted by atomic mass is 10.3. The molecule has 0 saturated carbocycles. The molecule has 0 amide bonds. The van der Waals surface area contributed by atoms with E-state index < -0.39 is 0 Å². The summed E-state index contributed by atoms with van der Waals surface area (Å²) in [4.78, 5) is 0. The van der Waals surface area contributed by atoms with E-state index in [4.69, 9.17) is 0 Å².